The minimum absolute atomic E-state index is 0.0342. The lowest BCUT2D eigenvalue weighted by Gasteiger charge is -2.27. The molecule has 0 bridgehead atoms. The molecule has 2 amide bonds. The summed E-state index contributed by atoms with van der Waals surface area (Å²) in [6.45, 7) is 3.74. The van der Waals surface area contributed by atoms with E-state index in [1.54, 1.807) is 24.3 Å². The van der Waals surface area contributed by atoms with Gasteiger partial charge in [0.15, 0.2) is 5.11 Å². The van der Waals surface area contributed by atoms with Gasteiger partial charge in [0.05, 0.1) is 0 Å². The van der Waals surface area contributed by atoms with Crippen molar-refractivity contribution in [3.05, 3.63) is 66.2 Å². The Labute approximate surface area is 148 Å². The maximum absolute atomic E-state index is 13.3. The van der Waals surface area contributed by atoms with Crippen LogP contribution >= 0.6 is 12.2 Å². The van der Waals surface area contributed by atoms with Crippen molar-refractivity contribution in [2.24, 2.45) is 0 Å². The highest BCUT2D eigenvalue weighted by Crippen LogP contribution is 2.24. The average Bonchev–Trinajstić information content (AvgIpc) is 3.04. The number of nitrogens with zero attached hydrogens (tertiary/aromatic N) is 1. The third kappa shape index (κ3) is 3.41. The van der Waals surface area contributed by atoms with Crippen LogP contribution in [0.5, 0.6) is 0 Å². The van der Waals surface area contributed by atoms with E-state index in [0.717, 1.165) is 0 Å². The van der Waals surface area contributed by atoms with Crippen molar-refractivity contribution in [1.82, 2.24) is 10.2 Å². The Hall–Kier alpha value is -3.06. The molecule has 5 nitrogen and oxygen atoms in total. The van der Waals surface area contributed by atoms with Crippen LogP contribution in [0.1, 0.15) is 5.76 Å². The predicted octanol–water partition coefficient (Wildman–Crippen LogP) is 2.90. The highest BCUT2D eigenvalue weighted by molar-refractivity contribution is 7.80. The molecule has 25 heavy (non-hydrogen) atoms. The quantitative estimate of drug-likeness (QED) is 0.396. The molecule has 126 valence electrons. The van der Waals surface area contributed by atoms with Crippen LogP contribution in [-0.2, 0) is 9.59 Å². The van der Waals surface area contributed by atoms with Gasteiger partial charge in [0.25, 0.3) is 11.8 Å². The van der Waals surface area contributed by atoms with Gasteiger partial charge < -0.3 is 4.42 Å². The van der Waals surface area contributed by atoms with Gasteiger partial charge in [0.1, 0.15) is 22.9 Å². The number of carbonyl (C=O) groups is 2. The van der Waals surface area contributed by atoms with Crippen LogP contribution in [0.15, 0.2) is 59.0 Å². The van der Waals surface area contributed by atoms with Gasteiger partial charge in [-0.25, -0.2) is 4.39 Å². The molecule has 1 N–H and O–H groups in total. The third-order valence-corrected chi connectivity index (χ3v) is 3.84. The van der Waals surface area contributed by atoms with Crippen LogP contribution in [0.2, 0.25) is 0 Å². The van der Waals surface area contributed by atoms with Crippen molar-refractivity contribution in [3.63, 3.8) is 0 Å². The lowest BCUT2D eigenvalue weighted by Crippen LogP contribution is -2.53. The summed E-state index contributed by atoms with van der Waals surface area (Å²) in [4.78, 5) is 25.7. The monoisotopic (exact) mass is 356 g/mol. The summed E-state index contributed by atoms with van der Waals surface area (Å²) in [7, 11) is 0. The van der Waals surface area contributed by atoms with E-state index >= 15 is 0 Å². The number of thiocarbonyl (C=S) groups is 1. The van der Waals surface area contributed by atoms with Gasteiger partial charge in [-0.2, -0.15) is 0 Å². The number of rotatable bonds is 4. The molecule has 0 atom stereocenters. The van der Waals surface area contributed by atoms with Crippen LogP contribution < -0.4 is 5.32 Å². The third-order valence-electron chi connectivity index (χ3n) is 3.52. The Balaban J connectivity index is 1.92. The maximum atomic E-state index is 13.3. The molecule has 1 saturated heterocycles. The summed E-state index contributed by atoms with van der Waals surface area (Å²) in [5.41, 5.74) is 0.453. The molecule has 0 aliphatic carbocycles. The van der Waals surface area contributed by atoms with E-state index in [0.29, 0.717) is 17.1 Å². The topological polar surface area (TPSA) is 62.6 Å². The smallest absolute Gasteiger partial charge is 0.266 e. The summed E-state index contributed by atoms with van der Waals surface area (Å²) < 4.78 is 18.9. The number of nitrogens with one attached hydrogen (secondary N) is 1. The van der Waals surface area contributed by atoms with Crippen molar-refractivity contribution in [3.8, 4) is 11.3 Å². The molecule has 2 aromatic rings. The molecule has 0 radical (unpaired) electrons. The second kappa shape index (κ2) is 6.82. The van der Waals surface area contributed by atoms with Gasteiger partial charge in [0.2, 0.25) is 0 Å². The van der Waals surface area contributed by atoms with Crippen LogP contribution in [0, 0.1) is 5.82 Å². The van der Waals surface area contributed by atoms with Crippen LogP contribution in [0.25, 0.3) is 17.4 Å². The summed E-state index contributed by atoms with van der Waals surface area (Å²) >= 11 is 4.98. The van der Waals surface area contributed by atoms with Gasteiger partial charge in [-0.3, -0.25) is 19.8 Å². The Bertz CT molecular complexity index is 917. The number of carbonyl (C=O) groups excluding carboxylic acids is 2. The molecule has 1 fully saturated rings. The van der Waals surface area contributed by atoms with Crippen molar-refractivity contribution in [2.75, 3.05) is 6.54 Å². The Morgan fingerprint density at radius 2 is 2.08 bits per heavy atom. The van der Waals surface area contributed by atoms with Crippen LogP contribution in [0.3, 0.4) is 0 Å². The molecule has 1 aliphatic rings. The first-order chi connectivity index (χ1) is 12.0. The van der Waals surface area contributed by atoms with Crippen LogP contribution in [0.4, 0.5) is 4.39 Å². The fourth-order valence-electron chi connectivity index (χ4n) is 2.36. The van der Waals surface area contributed by atoms with Gasteiger partial charge in [-0.1, -0.05) is 18.2 Å². The predicted molar refractivity (Wildman–Crippen MR) is 94.7 cm³/mol. The zero-order valence-electron chi connectivity index (χ0n) is 13.0. The molecular weight excluding hydrogens is 343 g/mol. The van der Waals surface area contributed by atoms with E-state index < -0.39 is 11.8 Å². The summed E-state index contributed by atoms with van der Waals surface area (Å²) in [6, 6.07) is 9.16. The fraction of sp³-hybridized carbons (Fsp3) is 0.0556. The normalized spacial score (nSPS) is 16.3. The van der Waals surface area contributed by atoms with Crippen LogP contribution in [-0.4, -0.2) is 28.4 Å². The first-order valence-electron chi connectivity index (χ1n) is 7.35. The molecule has 2 heterocycles. The van der Waals surface area contributed by atoms with E-state index in [4.69, 9.17) is 16.6 Å². The maximum Gasteiger partial charge on any atom is 0.266 e. The Morgan fingerprint density at radius 3 is 2.80 bits per heavy atom. The zero-order valence-corrected chi connectivity index (χ0v) is 13.8. The molecule has 1 aromatic carbocycles. The second-order valence-corrected chi connectivity index (χ2v) is 5.62. The summed E-state index contributed by atoms with van der Waals surface area (Å²) in [6.07, 6.45) is 2.84. The zero-order chi connectivity index (χ0) is 18.0. The Morgan fingerprint density at radius 1 is 1.28 bits per heavy atom. The van der Waals surface area contributed by atoms with E-state index in [-0.39, 0.29) is 23.0 Å². The molecule has 0 spiro atoms. The van der Waals surface area contributed by atoms with E-state index in [1.807, 2.05) is 0 Å². The molecule has 7 heteroatoms. The average molecular weight is 356 g/mol. The molecule has 0 saturated carbocycles. The van der Waals surface area contributed by atoms with E-state index in [1.165, 1.54) is 29.2 Å². The van der Waals surface area contributed by atoms with Crippen molar-refractivity contribution in [2.45, 2.75) is 0 Å². The highest BCUT2D eigenvalue weighted by atomic mass is 32.1. The number of furan rings is 1. The van der Waals surface area contributed by atoms with Crippen molar-refractivity contribution < 1.29 is 18.4 Å². The van der Waals surface area contributed by atoms with Crippen molar-refractivity contribution in [1.29, 1.82) is 0 Å². The lowest BCUT2D eigenvalue weighted by molar-refractivity contribution is -0.128. The standard InChI is InChI=1S/C18H13FN2O3S/c1-2-8-21-17(23)14(16(22)20-18(21)25)10-13-6-7-15(24-13)11-4-3-5-12(19)9-11/h2-7,9-10H,1,8H2,(H,20,22,25). The lowest BCUT2D eigenvalue weighted by atomic mass is 10.1. The number of hydrogen-bond acceptors (Lipinski definition) is 4. The molecule has 0 unspecified atom stereocenters. The van der Waals surface area contributed by atoms with Gasteiger partial charge in [0, 0.05) is 12.1 Å². The summed E-state index contributed by atoms with van der Waals surface area (Å²) in [5, 5.41) is 2.49. The van der Waals surface area contributed by atoms with Gasteiger partial charge in [-0.05, 0) is 42.6 Å². The Kier molecular flexibility index (Phi) is 4.58. The number of benzene rings is 1. The minimum atomic E-state index is -0.598. The SMILES string of the molecule is C=CCN1C(=O)C(=Cc2ccc(-c3cccc(F)c3)o2)C(=O)NC1=S. The molecule has 1 aromatic heterocycles. The van der Waals surface area contributed by atoms with Gasteiger partial charge in [-0.15, -0.1) is 6.58 Å². The molecular formula is C18H13FN2O3S. The van der Waals surface area contributed by atoms with Crippen molar-refractivity contribution >= 4 is 35.2 Å². The summed E-state index contributed by atoms with van der Waals surface area (Å²) in [5.74, 6) is -0.793. The first-order valence-corrected chi connectivity index (χ1v) is 7.76. The minimum Gasteiger partial charge on any atom is -0.457 e. The second-order valence-electron chi connectivity index (χ2n) is 5.23. The fourth-order valence-corrected chi connectivity index (χ4v) is 2.61. The molecule has 1 aliphatic heterocycles. The number of amides is 2. The number of hydrogen-bond donors (Lipinski definition) is 1. The van der Waals surface area contributed by atoms with Gasteiger partial charge >= 0.3 is 0 Å². The first kappa shape index (κ1) is 16.8. The van der Waals surface area contributed by atoms with E-state index in [2.05, 4.69) is 11.9 Å². The largest absolute Gasteiger partial charge is 0.457 e. The number of halogens is 1. The highest BCUT2D eigenvalue weighted by Gasteiger charge is 2.32. The van der Waals surface area contributed by atoms with E-state index in [9.17, 15) is 14.0 Å². The molecule has 3 rings (SSSR count).